The predicted molar refractivity (Wildman–Crippen MR) is 67.8 cm³/mol. The number of hydrogen-bond donors (Lipinski definition) is 2. The molecule has 0 aliphatic carbocycles. The minimum atomic E-state index is -0.973. The van der Waals surface area contributed by atoms with E-state index in [9.17, 15) is 4.79 Å². The molecule has 0 spiro atoms. The van der Waals surface area contributed by atoms with Crippen LogP contribution in [0, 0.1) is 0 Å². The van der Waals surface area contributed by atoms with Crippen LogP contribution in [-0.4, -0.2) is 37.4 Å². The third-order valence-corrected chi connectivity index (χ3v) is 2.37. The smallest absolute Gasteiger partial charge is 0.344 e. The molecule has 100 valence electrons. The van der Waals surface area contributed by atoms with Crippen molar-refractivity contribution in [3.63, 3.8) is 0 Å². The first-order valence-corrected chi connectivity index (χ1v) is 5.81. The van der Waals surface area contributed by atoms with E-state index in [0.29, 0.717) is 18.9 Å². The molecule has 5 heteroatoms. The van der Waals surface area contributed by atoms with Crippen LogP contribution in [0.2, 0.25) is 0 Å². The molecule has 1 atom stereocenters. The third-order valence-electron chi connectivity index (χ3n) is 2.37. The van der Waals surface area contributed by atoms with Crippen LogP contribution in [0.25, 0.3) is 0 Å². The lowest BCUT2D eigenvalue weighted by Gasteiger charge is -2.11. The lowest BCUT2D eigenvalue weighted by Crippen LogP contribution is -2.23. The molecule has 5 nitrogen and oxygen atoms in total. The van der Waals surface area contributed by atoms with Crippen LogP contribution in [0.3, 0.4) is 0 Å². The number of nitrogens with one attached hydrogen (secondary N) is 1. The molecular formula is C13H19NO4. The third kappa shape index (κ3) is 5.16. The van der Waals surface area contributed by atoms with Crippen LogP contribution in [0.15, 0.2) is 24.3 Å². The van der Waals surface area contributed by atoms with Crippen molar-refractivity contribution in [3.8, 4) is 5.75 Å². The average Bonchev–Trinajstić information content (AvgIpc) is 2.35. The maximum Gasteiger partial charge on any atom is 0.344 e. The topological polar surface area (TPSA) is 67.8 Å². The van der Waals surface area contributed by atoms with Crippen molar-refractivity contribution >= 4 is 5.97 Å². The van der Waals surface area contributed by atoms with Gasteiger partial charge >= 0.3 is 5.97 Å². The number of benzene rings is 1. The van der Waals surface area contributed by atoms with Gasteiger partial charge in [0.2, 0.25) is 0 Å². The van der Waals surface area contributed by atoms with Gasteiger partial charge in [-0.25, -0.2) is 4.79 Å². The first-order valence-electron chi connectivity index (χ1n) is 5.81. The summed E-state index contributed by atoms with van der Waals surface area (Å²) in [6, 6.07) is 7.38. The molecule has 0 heterocycles. The molecular weight excluding hydrogens is 234 g/mol. The second-order valence-corrected chi connectivity index (χ2v) is 3.92. The van der Waals surface area contributed by atoms with Gasteiger partial charge in [-0.1, -0.05) is 12.1 Å². The Balaban J connectivity index is 2.48. The van der Waals surface area contributed by atoms with E-state index in [1.807, 2.05) is 18.2 Å². The van der Waals surface area contributed by atoms with Crippen LogP contribution < -0.4 is 10.1 Å². The van der Waals surface area contributed by atoms with Gasteiger partial charge in [-0.15, -0.1) is 0 Å². The summed E-state index contributed by atoms with van der Waals surface area (Å²) in [5.41, 5.74) is 1.04. The molecule has 0 saturated heterocycles. The molecule has 0 aliphatic rings. The summed E-state index contributed by atoms with van der Waals surface area (Å²) in [6.07, 6.45) is -0.846. The van der Waals surface area contributed by atoms with E-state index in [1.54, 1.807) is 13.2 Å². The van der Waals surface area contributed by atoms with E-state index in [2.05, 4.69) is 5.32 Å². The summed E-state index contributed by atoms with van der Waals surface area (Å²) in [5.74, 6) is -0.408. The van der Waals surface area contributed by atoms with Crippen LogP contribution in [-0.2, 0) is 16.1 Å². The minimum Gasteiger partial charge on any atom is -0.479 e. The van der Waals surface area contributed by atoms with Crippen molar-refractivity contribution in [1.29, 1.82) is 0 Å². The van der Waals surface area contributed by atoms with Gasteiger partial charge in [0.25, 0.3) is 0 Å². The Morgan fingerprint density at radius 3 is 2.94 bits per heavy atom. The molecule has 18 heavy (non-hydrogen) atoms. The molecule has 1 unspecified atom stereocenters. The molecule has 0 fully saturated rings. The summed E-state index contributed by atoms with van der Waals surface area (Å²) in [5, 5.41) is 12.0. The Kier molecular flexibility index (Phi) is 6.18. The molecule has 0 amide bonds. The van der Waals surface area contributed by atoms with Gasteiger partial charge in [0, 0.05) is 20.2 Å². The van der Waals surface area contributed by atoms with E-state index in [4.69, 9.17) is 14.6 Å². The van der Waals surface area contributed by atoms with Gasteiger partial charge < -0.3 is 19.9 Å². The lowest BCUT2D eigenvalue weighted by molar-refractivity contribution is -0.144. The number of methoxy groups -OCH3 is 1. The Morgan fingerprint density at radius 2 is 2.28 bits per heavy atom. The maximum atomic E-state index is 10.7. The van der Waals surface area contributed by atoms with Crippen molar-refractivity contribution in [3.05, 3.63) is 29.8 Å². The predicted octanol–water partition coefficient (Wildman–Crippen LogP) is 1.27. The van der Waals surface area contributed by atoms with Gasteiger partial charge in [-0.05, 0) is 24.6 Å². The summed E-state index contributed by atoms with van der Waals surface area (Å²) < 4.78 is 10.2. The van der Waals surface area contributed by atoms with Gasteiger partial charge in [0.1, 0.15) is 5.75 Å². The quantitative estimate of drug-likeness (QED) is 0.683. The number of carboxylic acids is 1. The first-order chi connectivity index (χ1) is 8.63. The van der Waals surface area contributed by atoms with Crippen LogP contribution in [0.1, 0.15) is 12.5 Å². The van der Waals surface area contributed by atoms with E-state index >= 15 is 0 Å². The van der Waals surface area contributed by atoms with E-state index < -0.39 is 12.1 Å². The Labute approximate surface area is 107 Å². The fraction of sp³-hybridized carbons (Fsp3) is 0.462. The normalized spacial score (nSPS) is 12.1. The zero-order valence-corrected chi connectivity index (χ0v) is 10.7. The molecule has 2 N–H and O–H groups in total. The number of carbonyl (C=O) groups is 1. The van der Waals surface area contributed by atoms with Crippen molar-refractivity contribution in [2.45, 2.75) is 19.6 Å². The SMILES string of the molecule is COCCNCc1cccc(OC(C)C(=O)O)c1. The average molecular weight is 253 g/mol. The lowest BCUT2D eigenvalue weighted by atomic mass is 10.2. The highest BCUT2D eigenvalue weighted by molar-refractivity contribution is 5.72. The number of ether oxygens (including phenoxy) is 2. The standard InChI is InChI=1S/C13H19NO4/c1-10(13(15)16)18-12-5-3-4-11(8-12)9-14-6-7-17-2/h3-5,8,10,14H,6-7,9H2,1-2H3,(H,15,16). The van der Waals surface area contributed by atoms with Gasteiger partial charge in [-0.2, -0.15) is 0 Å². The summed E-state index contributed by atoms with van der Waals surface area (Å²) >= 11 is 0. The van der Waals surface area contributed by atoms with Crippen molar-refractivity contribution in [2.75, 3.05) is 20.3 Å². The van der Waals surface area contributed by atoms with Crippen molar-refractivity contribution < 1.29 is 19.4 Å². The van der Waals surface area contributed by atoms with Crippen LogP contribution >= 0.6 is 0 Å². The second-order valence-electron chi connectivity index (χ2n) is 3.92. The zero-order chi connectivity index (χ0) is 13.4. The highest BCUT2D eigenvalue weighted by Gasteiger charge is 2.12. The summed E-state index contributed by atoms with van der Waals surface area (Å²) in [6.45, 7) is 3.63. The van der Waals surface area contributed by atoms with E-state index in [0.717, 1.165) is 12.1 Å². The molecule has 0 aliphatic heterocycles. The van der Waals surface area contributed by atoms with E-state index in [1.165, 1.54) is 6.92 Å². The maximum absolute atomic E-state index is 10.7. The summed E-state index contributed by atoms with van der Waals surface area (Å²) in [4.78, 5) is 10.7. The molecule has 0 radical (unpaired) electrons. The molecule has 0 aromatic heterocycles. The Hall–Kier alpha value is -1.59. The van der Waals surface area contributed by atoms with Crippen molar-refractivity contribution in [1.82, 2.24) is 5.32 Å². The molecule has 0 bridgehead atoms. The fourth-order valence-electron chi connectivity index (χ4n) is 1.39. The number of rotatable bonds is 8. The van der Waals surface area contributed by atoms with Gasteiger partial charge in [0.15, 0.2) is 6.10 Å². The Bertz CT molecular complexity index is 381. The highest BCUT2D eigenvalue weighted by atomic mass is 16.5. The number of aliphatic carboxylic acids is 1. The minimum absolute atomic E-state index is 0.566. The largest absolute Gasteiger partial charge is 0.479 e. The van der Waals surface area contributed by atoms with Crippen molar-refractivity contribution in [2.24, 2.45) is 0 Å². The molecule has 1 rings (SSSR count). The summed E-state index contributed by atoms with van der Waals surface area (Å²) in [7, 11) is 1.66. The van der Waals surface area contributed by atoms with Crippen LogP contribution in [0.5, 0.6) is 5.75 Å². The number of hydrogen-bond acceptors (Lipinski definition) is 4. The first kappa shape index (κ1) is 14.5. The fourth-order valence-corrected chi connectivity index (χ4v) is 1.39. The second kappa shape index (κ2) is 7.68. The monoisotopic (exact) mass is 253 g/mol. The Morgan fingerprint density at radius 1 is 1.50 bits per heavy atom. The zero-order valence-electron chi connectivity index (χ0n) is 10.7. The number of carboxylic acid groups (broad SMARTS) is 1. The molecule has 1 aromatic carbocycles. The van der Waals surface area contributed by atoms with Gasteiger partial charge in [-0.3, -0.25) is 0 Å². The van der Waals surface area contributed by atoms with Gasteiger partial charge in [0.05, 0.1) is 6.61 Å². The van der Waals surface area contributed by atoms with Crippen LogP contribution in [0.4, 0.5) is 0 Å². The van der Waals surface area contributed by atoms with E-state index in [-0.39, 0.29) is 0 Å². The molecule has 0 saturated carbocycles. The highest BCUT2D eigenvalue weighted by Crippen LogP contribution is 2.14. The molecule has 1 aromatic rings.